The molecule has 2 heterocycles. The summed E-state index contributed by atoms with van der Waals surface area (Å²) >= 11 is 0. The first-order valence-corrected chi connectivity index (χ1v) is 9.88. The van der Waals surface area contributed by atoms with E-state index in [2.05, 4.69) is 0 Å². The number of para-hydroxylation sites is 1. The van der Waals surface area contributed by atoms with E-state index in [1.54, 1.807) is 36.1 Å². The lowest BCUT2D eigenvalue weighted by Crippen LogP contribution is -2.50. The van der Waals surface area contributed by atoms with Crippen molar-refractivity contribution in [2.75, 3.05) is 37.7 Å². The molecule has 7 heteroatoms. The number of rotatable bonds is 4. The fourth-order valence-corrected chi connectivity index (χ4v) is 3.79. The molecular weight excluding hydrogens is 387 g/mol. The zero-order chi connectivity index (χ0) is 21.3. The van der Waals surface area contributed by atoms with Crippen LogP contribution < -0.4 is 15.3 Å². The van der Waals surface area contributed by atoms with Crippen LogP contribution in [0, 0.1) is 19.7 Å². The molecule has 3 aromatic rings. The van der Waals surface area contributed by atoms with Gasteiger partial charge in [-0.1, -0.05) is 12.1 Å². The molecule has 0 atom stereocenters. The Labute approximate surface area is 173 Å². The van der Waals surface area contributed by atoms with E-state index in [1.165, 1.54) is 12.1 Å². The standard InChI is InChI=1S/C23H23FN2O4/c1-15-13-22(28)30-23-16(2)20(8-7-17(15)23)29-14-21(27)26-11-9-25(10-12-26)19-6-4-3-5-18(19)24/h3-8,13H,9-12,14H2,1-2H3. The number of carbonyl (C=O) groups excluding carboxylic acids is 1. The molecule has 0 unspecified atom stereocenters. The molecule has 30 heavy (non-hydrogen) atoms. The van der Waals surface area contributed by atoms with Gasteiger partial charge >= 0.3 is 5.63 Å². The summed E-state index contributed by atoms with van der Waals surface area (Å²) in [6, 6.07) is 11.7. The minimum Gasteiger partial charge on any atom is -0.483 e. The van der Waals surface area contributed by atoms with Gasteiger partial charge in [0.25, 0.3) is 5.91 Å². The number of halogens is 1. The lowest BCUT2D eigenvalue weighted by molar-refractivity contribution is -0.133. The summed E-state index contributed by atoms with van der Waals surface area (Å²) in [5.74, 6) is 0.122. The summed E-state index contributed by atoms with van der Waals surface area (Å²) in [6.07, 6.45) is 0. The van der Waals surface area contributed by atoms with E-state index in [0.717, 1.165) is 10.9 Å². The molecule has 0 bridgehead atoms. The Morgan fingerprint density at radius 2 is 1.83 bits per heavy atom. The van der Waals surface area contributed by atoms with Crippen LogP contribution in [0.15, 0.2) is 51.7 Å². The van der Waals surface area contributed by atoms with E-state index < -0.39 is 5.63 Å². The highest BCUT2D eigenvalue weighted by Crippen LogP contribution is 2.28. The number of fused-ring (bicyclic) bond motifs is 1. The van der Waals surface area contributed by atoms with Gasteiger partial charge in [0, 0.05) is 43.2 Å². The Bertz CT molecular complexity index is 1150. The highest BCUT2D eigenvalue weighted by Gasteiger charge is 2.23. The summed E-state index contributed by atoms with van der Waals surface area (Å²) in [5.41, 5.74) is 2.14. The Morgan fingerprint density at radius 3 is 2.57 bits per heavy atom. The summed E-state index contributed by atoms with van der Waals surface area (Å²) in [7, 11) is 0. The average Bonchev–Trinajstić information content (AvgIpc) is 2.74. The van der Waals surface area contributed by atoms with Crippen molar-refractivity contribution < 1.29 is 18.3 Å². The first-order valence-electron chi connectivity index (χ1n) is 9.88. The quantitative estimate of drug-likeness (QED) is 0.618. The van der Waals surface area contributed by atoms with E-state index in [0.29, 0.717) is 48.8 Å². The van der Waals surface area contributed by atoms with E-state index in [9.17, 15) is 14.0 Å². The smallest absolute Gasteiger partial charge is 0.336 e. The van der Waals surface area contributed by atoms with Gasteiger partial charge < -0.3 is 19.0 Å². The highest BCUT2D eigenvalue weighted by atomic mass is 19.1. The van der Waals surface area contributed by atoms with Gasteiger partial charge in [0.2, 0.25) is 0 Å². The maximum atomic E-state index is 14.0. The highest BCUT2D eigenvalue weighted by molar-refractivity contribution is 5.85. The maximum Gasteiger partial charge on any atom is 0.336 e. The molecule has 1 aliphatic heterocycles. The van der Waals surface area contributed by atoms with Crippen LogP contribution in [0.3, 0.4) is 0 Å². The Balaban J connectivity index is 1.39. The average molecular weight is 410 g/mol. The molecule has 4 rings (SSSR count). The van der Waals surface area contributed by atoms with Crippen molar-refractivity contribution in [2.24, 2.45) is 0 Å². The number of nitrogens with zero attached hydrogens (tertiary/aromatic N) is 2. The van der Waals surface area contributed by atoms with E-state index in [4.69, 9.17) is 9.15 Å². The van der Waals surface area contributed by atoms with Gasteiger partial charge in [-0.3, -0.25) is 4.79 Å². The molecule has 0 aliphatic carbocycles. The van der Waals surface area contributed by atoms with Crippen molar-refractivity contribution in [1.82, 2.24) is 4.90 Å². The topological polar surface area (TPSA) is 63.0 Å². The van der Waals surface area contributed by atoms with Crippen LogP contribution in [0.1, 0.15) is 11.1 Å². The third kappa shape index (κ3) is 3.87. The Hall–Kier alpha value is -3.35. The van der Waals surface area contributed by atoms with Crippen molar-refractivity contribution in [3.63, 3.8) is 0 Å². The van der Waals surface area contributed by atoms with Gasteiger partial charge in [-0.2, -0.15) is 0 Å². The first kappa shape index (κ1) is 19.9. The Kier molecular flexibility index (Phi) is 5.44. The number of carbonyl (C=O) groups is 1. The molecule has 0 radical (unpaired) electrons. The molecule has 156 valence electrons. The molecule has 0 spiro atoms. The summed E-state index contributed by atoms with van der Waals surface area (Å²) in [6.45, 7) is 5.67. The fourth-order valence-electron chi connectivity index (χ4n) is 3.79. The van der Waals surface area contributed by atoms with Gasteiger partial charge in [-0.15, -0.1) is 0 Å². The van der Waals surface area contributed by atoms with Crippen LogP contribution in [-0.4, -0.2) is 43.6 Å². The molecule has 1 fully saturated rings. The van der Waals surface area contributed by atoms with Crippen molar-refractivity contribution in [3.05, 3.63) is 69.8 Å². The lowest BCUT2D eigenvalue weighted by Gasteiger charge is -2.36. The lowest BCUT2D eigenvalue weighted by atomic mass is 10.1. The molecule has 1 saturated heterocycles. The van der Waals surface area contributed by atoms with Crippen LogP contribution in [0.5, 0.6) is 5.75 Å². The maximum absolute atomic E-state index is 14.0. The van der Waals surface area contributed by atoms with E-state index in [-0.39, 0.29) is 18.3 Å². The Morgan fingerprint density at radius 1 is 1.10 bits per heavy atom. The van der Waals surface area contributed by atoms with Crippen molar-refractivity contribution in [3.8, 4) is 5.75 Å². The number of amides is 1. The number of piperazine rings is 1. The predicted molar refractivity (Wildman–Crippen MR) is 113 cm³/mol. The SMILES string of the molecule is Cc1cc(=O)oc2c(C)c(OCC(=O)N3CCN(c4ccccc4F)CC3)ccc12. The second kappa shape index (κ2) is 8.18. The van der Waals surface area contributed by atoms with Gasteiger partial charge in [-0.25, -0.2) is 9.18 Å². The molecule has 6 nitrogen and oxygen atoms in total. The summed E-state index contributed by atoms with van der Waals surface area (Å²) in [4.78, 5) is 28.0. The minimum atomic E-state index is -0.413. The van der Waals surface area contributed by atoms with Gasteiger partial charge in [0.15, 0.2) is 6.61 Å². The van der Waals surface area contributed by atoms with Gasteiger partial charge in [0.05, 0.1) is 5.69 Å². The predicted octanol–water partition coefficient (Wildman–Crippen LogP) is 3.28. The number of hydrogen-bond acceptors (Lipinski definition) is 5. The number of ether oxygens (including phenoxy) is 1. The van der Waals surface area contributed by atoms with Crippen LogP contribution in [0.2, 0.25) is 0 Å². The molecule has 0 saturated carbocycles. The largest absolute Gasteiger partial charge is 0.483 e. The van der Waals surface area contributed by atoms with Gasteiger partial charge in [-0.05, 0) is 43.7 Å². The molecular formula is C23H23FN2O4. The first-order chi connectivity index (χ1) is 14.4. The van der Waals surface area contributed by atoms with Crippen molar-refractivity contribution in [1.29, 1.82) is 0 Å². The van der Waals surface area contributed by atoms with E-state index in [1.807, 2.05) is 17.9 Å². The van der Waals surface area contributed by atoms with Crippen LogP contribution in [0.4, 0.5) is 10.1 Å². The molecule has 2 aromatic carbocycles. The van der Waals surface area contributed by atoms with Crippen molar-refractivity contribution in [2.45, 2.75) is 13.8 Å². The zero-order valence-corrected chi connectivity index (χ0v) is 17.0. The van der Waals surface area contributed by atoms with Crippen molar-refractivity contribution >= 4 is 22.6 Å². The van der Waals surface area contributed by atoms with Crippen LogP contribution in [0.25, 0.3) is 11.0 Å². The second-order valence-corrected chi connectivity index (χ2v) is 7.42. The monoisotopic (exact) mass is 410 g/mol. The fraction of sp³-hybridized carbons (Fsp3) is 0.304. The number of anilines is 1. The number of hydrogen-bond donors (Lipinski definition) is 0. The summed E-state index contributed by atoms with van der Waals surface area (Å²) in [5, 5.41) is 0.843. The number of benzene rings is 2. The third-order valence-electron chi connectivity index (χ3n) is 5.49. The molecule has 1 aromatic heterocycles. The number of aryl methyl sites for hydroxylation is 2. The van der Waals surface area contributed by atoms with Crippen LogP contribution >= 0.6 is 0 Å². The second-order valence-electron chi connectivity index (χ2n) is 7.42. The van der Waals surface area contributed by atoms with Crippen LogP contribution in [-0.2, 0) is 4.79 Å². The molecule has 0 N–H and O–H groups in total. The van der Waals surface area contributed by atoms with Gasteiger partial charge in [0.1, 0.15) is 17.1 Å². The molecule has 1 amide bonds. The third-order valence-corrected chi connectivity index (χ3v) is 5.49. The zero-order valence-electron chi connectivity index (χ0n) is 17.0. The summed E-state index contributed by atoms with van der Waals surface area (Å²) < 4.78 is 25.0. The molecule has 1 aliphatic rings. The van der Waals surface area contributed by atoms with E-state index >= 15 is 0 Å². The minimum absolute atomic E-state index is 0.109. The normalized spacial score (nSPS) is 14.2.